The summed E-state index contributed by atoms with van der Waals surface area (Å²) in [6.07, 6.45) is 0. The van der Waals surface area contributed by atoms with Crippen LogP contribution in [0.2, 0.25) is 0 Å². The Morgan fingerprint density at radius 2 is 1.75 bits per heavy atom. The van der Waals surface area contributed by atoms with E-state index in [0.29, 0.717) is 11.3 Å². The Morgan fingerprint density at radius 3 is 2.35 bits per heavy atom. The van der Waals surface area contributed by atoms with Crippen LogP contribution in [0.1, 0.15) is 10.4 Å². The van der Waals surface area contributed by atoms with Crippen molar-refractivity contribution in [1.29, 1.82) is 0 Å². The van der Waals surface area contributed by atoms with E-state index < -0.39 is 11.1 Å². The number of hydrogen-bond donors (Lipinski definition) is 1. The molecule has 2 aromatic rings. The van der Waals surface area contributed by atoms with Crippen LogP contribution in [-0.2, 0) is 4.74 Å². The number of alkyl halides is 1. The molecule has 1 atom stereocenters. The van der Waals surface area contributed by atoms with Crippen molar-refractivity contribution in [2.75, 3.05) is 12.0 Å². The summed E-state index contributed by atoms with van der Waals surface area (Å²) >= 11 is 3.15. The second-order valence-corrected chi connectivity index (χ2v) is 4.84. The maximum absolute atomic E-state index is 11.8. The number of carbonyl (C=O) groups is 1. The highest BCUT2D eigenvalue weighted by molar-refractivity contribution is 9.09. The summed E-state index contributed by atoms with van der Waals surface area (Å²) < 4.78 is 4.78. The maximum Gasteiger partial charge on any atom is 0.339 e. The molecule has 0 aliphatic heterocycles. The SMILES string of the molecule is COC(=O)c1ccccc1N(c1ccccc1)C(O)Br. The fourth-order valence-electron chi connectivity index (χ4n) is 1.93. The van der Waals surface area contributed by atoms with Gasteiger partial charge in [-0.1, -0.05) is 30.3 Å². The zero-order valence-corrected chi connectivity index (χ0v) is 12.4. The number of para-hydroxylation sites is 2. The van der Waals surface area contributed by atoms with E-state index in [1.54, 1.807) is 29.2 Å². The van der Waals surface area contributed by atoms with Crippen molar-refractivity contribution < 1.29 is 14.6 Å². The molecule has 0 fully saturated rings. The van der Waals surface area contributed by atoms with Crippen LogP contribution in [0.3, 0.4) is 0 Å². The zero-order valence-electron chi connectivity index (χ0n) is 10.9. The van der Waals surface area contributed by atoms with Crippen molar-refractivity contribution >= 4 is 33.3 Å². The first-order chi connectivity index (χ1) is 9.65. The highest BCUT2D eigenvalue weighted by atomic mass is 79.9. The van der Waals surface area contributed by atoms with Crippen LogP contribution >= 0.6 is 15.9 Å². The largest absolute Gasteiger partial charge is 0.465 e. The van der Waals surface area contributed by atoms with Crippen LogP contribution in [0, 0.1) is 0 Å². The molecule has 0 heterocycles. The molecule has 0 saturated heterocycles. The van der Waals surface area contributed by atoms with E-state index in [1.807, 2.05) is 30.3 Å². The molecule has 1 N–H and O–H groups in total. The summed E-state index contributed by atoms with van der Waals surface area (Å²) in [5.41, 5.74) is 1.71. The Balaban J connectivity index is 2.54. The number of ether oxygens (including phenoxy) is 1. The topological polar surface area (TPSA) is 49.8 Å². The van der Waals surface area contributed by atoms with Crippen molar-refractivity contribution in [3.05, 3.63) is 60.2 Å². The van der Waals surface area contributed by atoms with Gasteiger partial charge in [0.25, 0.3) is 0 Å². The molecule has 2 rings (SSSR count). The van der Waals surface area contributed by atoms with Gasteiger partial charge in [0.1, 0.15) is 0 Å². The molecule has 0 spiro atoms. The van der Waals surface area contributed by atoms with Gasteiger partial charge in [0, 0.05) is 5.69 Å². The Bertz CT molecular complexity index is 587. The summed E-state index contributed by atoms with van der Waals surface area (Å²) in [6, 6.07) is 16.3. The molecule has 2 aromatic carbocycles. The molecular formula is C15H14BrNO3. The van der Waals surface area contributed by atoms with Crippen LogP contribution in [0.4, 0.5) is 11.4 Å². The van der Waals surface area contributed by atoms with E-state index in [1.165, 1.54) is 7.11 Å². The number of aliphatic hydroxyl groups is 1. The van der Waals surface area contributed by atoms with Crippen molar-refractivity contribution in [2.45, 2.75) is 5.14 Å². The molecule has 0 bridgehead atoms. The van der Waals surface area contributed by atoms with Crippen LogP contribution in [0.5, 0.6) is 0 Å². The quantitative estimate of drug-likeness (QED) is 0.403. The van der Waals surface area contributed by atoms with Gasteiger partial charge in [-0.05, 0) is 40.2 Å². The summed E-state index contributed by atoms with van der Waals surface area (Å²) in [5.74, 6) is -0.449. The minimum atomic E-state index is -0.962. The number of aliphatic hydroxyl groups excluding tert-OH is 1. The lowest BCUT2D eigenvalue weighted by Crippen LogP contribution is -2.27. The molecule has 4 nitrogen and oxygen atoms in total. The first kappa shape index (κ1) is 14.6. The van der Waals surface area contributed by atoms with E-state index in [4.69, 9.17) is 4.74 Å². The first-order valence-corrected chi connectivity index (χ1v) is 6.90. The number of anilines is 2. The molecule has 0 saturated carbocycles. The van der Waals surface area contributed by atoms with E-state index in [9.17, 15) is 9.90 Å². The second-order valence-electron chi connectivity index (χ2n) is 4.02. The Kier molecular flexibility index (Phi) is 4.76. The molecule has 0 amide bonds. The molecule has 0 aliphatic carbocycles. The minimum absolute atomic E-state index is 0.386. The number of methoxy groups -OCH3 is 1. The fourth-order valence-corrected chi connectivity index (χ4v) is 2.39. The third-order valence-electron chi connectivity index (χ3n) is 2.82. The summed E-state index contributed by atoms with van der Waals surface area (Å²) in [5, 5.41) is 9.03. The monoisotopic (exact) mass is 335 g/mol. The highest BCUT2D eigenvalue weighted by Crippen LogP contribution is 2.32. The van der Waals surface area contributed by atoms with E-state index in [2.05, 4.69) is 15.9 Å². The van der Waals surface area contributed by atoms with Crippen LogP contribution in [0.25, 0.3) is 0 Å². The molecule has 5 heteroatoms. The zero-order chi connectivity index (χ0) is 14.5. The predicted octanol–water partition coefficient (Wildman–Crippen LogP) is 3.28. The van der Waals surface area contributed by atoms with E-state index in [-0.39, 0.29) is 0 Å². The van der Waals surface area contributed by atoms with Gasteiger partial charge in [-0.15, -0.1) is 0 Å². The Labute approximate surface area is 125 Å². The van der Waals surface area contributed by atoms with Crippen LogP contribution in [0.15, 0.2) is 54.6 Å². The number of halogens is 1. The molecule has 0 aliphatic rings. The summed E-state index contributed by atoms with van der Waals surface area (Å²) in [6.45, 7) is 0. The fraction of sp³-hybridized carbons (Fsp3) is 0.133. The van der Waals surface area contributed by atoms with Crippen molar-refractivity contribution in [1.82, 2.24) is 0 Å². The summed E-state index contributed by atoms with van der Waals surface area (Å²) in [7, 11) is 1.33. The van der Waals surface area contributed by atoms with E-state index in [0.717, 1.165) is 5.69 Å². The number of nitrogens with zero attached hydrogens (tertiary/aromatic N) is 1. The van der Waals surface area contributed by atoms with Gasteiger partial charge < -0.3 is 14.7 Å². The lowest BCUT2D eigenvalue weighted by Gasteiger charge is -2.28. The van der Waals surface area contributed by atoms with Gasteiger partial charge >= 0.3 is 5.97 Å². The number of benzene rings is 2. The number of carbonyl (C=O) groups excluding carboxylic acids is 1. The van der Waals surface area contributed by atoms with Gasteiger partial charge in [0.15, 0.2) is 5.14 Å². The van der Waals surface area contributed by atoms with Crippen molar-refractivity contribution in [3.8, 4) is 0 Å². The van der Waals surface area contributed by atoms with Crippen LogP contribution in [-0.4, -0.2) is 23.3 Å². The lowest BCUT2D eigenvalue weighted by molar-refractivity contribution is 0.0601. The van der Waals surface area contributed by atoms with Gasteiger partial charge in [0.2, 0.25) is 0 Å². The Hall–Kier alpha value is -1.85. The molecule has 104 valence electrons. The van der Waals surface area contributed by atoms with Gasteiger partial charge in [-0.25, -0.2) is 4.79 Å². The van der Waals surface area contributed by atoms with Gasteiger partial charge in [-0.2, -0.15) is 0 Å². The lowest BCUT2D eigenvalue weighted by atomic mass is 10.1. The predicted molar refractivity (Wildman–Crippen MR) is 81.3 cm³/mol. The van der Waals surface area contributed by atoms with Gasteiger partial charge in [0.05, 0.1) is 18.4 Å². The Morgan fingerprint density at radius 1 is 1.15 bits per heavy atom. The highest BCUT2D eigenvalue weighted by Gasteiger charge is 2.21. The molecule has 1 unspecified atom stereocenters. The van der Waals surface area contributed by atoms with E-state index >= 15 is 0 Å². The number of rotatable bonds is 4. The van der Waals surface area contributed by atoms with Gasteiger partial charge in [-0.3, -0.25) is 0 Å². The molecule has 0 radical (unpaired) electrons. The first-order valence-electron chi connectivity index (χ1n) is 5.99. The average molecular weight is 336 g/mol. The normalized spacial score (nSPS) is 11.8. The molecular weight excluding hydrogens is 322 g/mol. The maximum atomic E-state index is 11.8. The second kappa shape index (κ2) is 6.54. The van der Waals surface area contributed by atoms with Crippen molar-refractivity contribution in [3.63, 3.8) is 0 Å². The number of hydrogen-bond acceptors (Lipinski definition) is 4. The minimum Gasteiger partial charge on any atom is -0.465 e. The molecule has 20 heavy (non-hydrogen) atoms. The number of esters is 1. The molecule has 0 aromatic heterocycles. The third kappa shape index (κ3) is 3.00. The summed E-state index contributed by atoms with van der Waals surface area (Å²) in [4.78, 5) is 13.5. The third-order valence-corrected chi connectivity index (χ3v) is 3.23. The van der Waals surface area contributed by atoms with Crippen molar-refractivity contribution in [2.24, 2.45) is 0 Å². The standard InChI is InChI=1S/C15H14BrNO3/c1-20-14(18)12-9-5-6-10-13(12)17(15(16)19)11-7-3-2-4-8-11/h2-10,15,19H,1H3. The average Bonchev–Trinajstić information content (AvgIpc) is 2.48. The smallest absolute Gasteiger partial charge is 0.339 e. The van der Waals surface area contributed by atoms with Crippen LogP contribution < -0.4 is 4.90 Å².